The summed E-state index contributed by atoms with van der Waals surface area (Å²) in [6.07, 6.45) is 0. The summed E-state index contributed by atoms with van der Waals surface area (Å²) in [6.45, 7) is 4.04. The van der Waals surface area contributed by atoms with Gasteiger partial charge in [0.1, 0.15) is 0 Å². The molecular formula is C17H22N4O2. The molecule has 1 aliphatic rings. The number of methoxy groups -OCH3 is 1. The van der Waals surface area contributed by atoms with Gasteiger partial charge in [0.05, 0.1) is 18.8 Å². The number of nitrogens with zero attached hydrogens (tertiary/aromatic N) is 3. The van der Waals surface area contributed by atoms with Crippen LogP contribution in [0.5, 0.6) is 0 Å². The normalized spacial score (nSPS) is 16.0. The van der Waals surface area contributed by atoms with E-state index in [0.29, 0.717) is 26.2 Å². The number of benzene rings is 1. The number of hydrogen-bond acceptors (Lipinski definition) is 4. The van der Waals surface area contributed by atoms with Gasteiger partial charge in [-0.15, -0.1) is 0 Å². The van der Waals surface area contributed by atoms with Crippen molar-refractivity contribution in [2.45, 2.75) is 6.54 Å². The Balaban J connectivity index is 1.57. The lowest BCUT2D eigenvalue weighted by molar-refractivity contribution is -0.136. The minimum absolute atomic E-state index is 0.163. The molecule has 0 saturated carbocycles. The van der Waals surface area contributed by atoms with E-state index in [1.54, 1.807) is 7.11 Å². The predicted octanol–water partition coefficient (Wildman–Crippen LogP) is 1.37. The molecule has 0 radical (unpaired) electrons. The number of carbonyl (C=O) groups excluding carboxylic acids is 1. The smallest absolute Gasteiger partial charge is 0.236 e. The minimum atomic E-state index is 0.163. The lowest BCUT2D eigenvalue weighted by atomic mass is 10.1. The van der Waals surface area contributed by atoms with Gasteiger partial charge >= 0.3 is 0 Å². The van der Waals surface area contributed by atoms with E-state index >= 15 is 0 Å². The lowest BCUT2D eigenvalue weighted by Crippen LogP contribution is -2.50. The first-order valence-corrected chi connectivity index (χ1v) is 7.85. The van der Waals surface area contributed by atoms with Gasteiger partial charge in [0, 0.05) is 44.5 Å². The number of hydrogen-bond donors (Lipinski definition) is 1. The summed E-state index contributed by atoms with van der Waals surface area (Å²) in [6, 6.07) is 12.1. The highest BCUT2D eigenvalue weighted by Crippen LogP contribution is 2.18. The van der Waals surface area contributed by atoms with Gasteiger partial charge in [-0.3, -0.25) is 14.8 Å². The maximum atomic E-state index is 12.1. The maximum absolute atomic E-state index is 12.1. The van der Waals surface area contributed by atoms with E-state index in [1.807, 2.05) is 35.2 Å². The number of ether oxygens (including phenoxy) is 1. The Labute approximate surface area is 136 Å². The molecule has 0 unspecified atom stereocenters. The van der Waals surface area contributed by atoms with Crippen LogP contribution in [0.25, 0.3) is 11.3 Å². The van der Waals surface area contributed by atoms with Crippen LogP contribution in [0.1, 0.15) is 5.69 Å². The van der Waals surface area contributed by atoms with E-state index < -0.39 is 0 Å². The van der Waals surface area contributed by atoms with Gasteiger partial charge in [-0.2, -0.15) is 5.10 Å². The van der Waals surface area contributed by atoms with Crippen LogP contribution in [-0.4, -0.2) is 65.8 Å². The second-order valence-electron chi connectivity index (χ2n) is 5.73. The first kappa shape index (κ1) is 15.7. The maximum Gasteiger partial charge on any atom is 0.236 e. The number of aromatic amines is 1. The molecule has 2 aromatic rings. The molecule has 1 saturated heterocycles. The Morgan fingerprint density at radius 1 is 1.26 bits per heavy atom. The number of rotatable bonds is 6. The van der Waals surface area contributed by atoms with Gasteiger partial charge in [0.25, 0.3) is 0 Å². The molecule has 2 heterocycles. The molecular weight excluding hydrogens is 292 g/mol. The Kier molecular flexibility index (Phi) is 5.05. The van der Waals surface area contributed by atoms with Crippen LogP contribution in [0.2, 0.25) is 0 Å². The van der Waals surface area contributed by atoms with Crippen molar-refractivity contribution in [1.82, 2.24) is 20.0 Å². The second-order valence-corrected chi connectivity index (χ2v) is 5.73. The van der Waals surface area contributed by atoms with Crippen molar-refractivity contribution in [2.24, 2.45) is 0 Å². The topological polar surface area (TPSA) is 61.5 Å². The highest BCUT2D eigenvalue weighted by molar-refractivity contribution is 5.79. The van der Waals surface area contributed by atoms with Gasteiger partial charge in [0.2, 0.25) is 5.91 Å². The van der Waals surface area contributed by atoms with Crippen molar-refractivity contribution in [1.29, 1.82) is 0 Å². The third-order valence-electron chi connectivity index (χ3n) is 4.06. The zero-order chi connectivity index (χ0) is 16.1. The van der Waals surface area contributed by atoms with Crippen LogP contribution in [0, 0.1) is 0 Å². The van der Waals surface area contributed by atoms with E-state index in [1.165, 1.54) is 0 Å². The van der Waals surface area contributed by atoms with Crippen LogP contribution in [-0.2, 0) is 16.1 Å². The van der Waals surface area contributed by atoms with Gasteiger partial charge in [0.15, 0.2) is 0 Å². The largest absolute Gasteiger partial charge is 0.383 e. The average molecular weight is 314 g/mol. The van der Waals surface area contributed by atoms with Crippen LogP contribution in [0.4, 0.5) is 0 Å². The minimum Gasteiger partial charge on any atom is -0.383 e. The van der Waals surface area contributed by atoms with Gasteiger partial charge in [-0.25, -0.2) is 0 Å². The van der Waals surface area contributed by atoms with Crippen molar-refractivity contribution in [2.75, 3.05) is 39.9 Å². The molecule has 0 spiro atoms. The zero-order valence-electron chi connectivity index (χ0n) is 13.4. The molecule has 0 bridgehead atoms. The highest BCUT2D eigenvalue weighted by atomic mass is 16.5. The Morgan fingerprint density at radius 2 is 2.09 bits per heavy atom. The van der Waals surface area contributed by atoms with Crippen molar-refractivity contribution >= 4 is 5.91 Å². The summed E-state index contributed by atoms with van der Waals surface area (Å²) in [5.41, 5.74) is 3.06. The van der Waals surface area contributed by atoms with Crippen LogP contribution in [0.15, 0.2) is 36.4 Å². The Bertz CT molecular complexity index is 641. The molecule has 1 aromatic carbocycles. The average Bonchev–Trinajstić information content (AvgIpc) is 3.03. The summed E-state index contributed by atoms with van der Waals surface area (Å²) in [5, 5.41) is 7.44. The molecule has 0 atom stereocenters. The third-order valence-corrected chi connectivity index (χ3v) is 4.06. The molecule has 1 N–H and O–H groups in total. The van der Waals surface area contributed by atoms with Gasteiger partial charge < -0.3 is 9.64 Å². The zero-order valence-corrected chi connectivity index (χ0v) is 13.4. The van der Waals surface area contributed by atoms with E-state index in [0.717, 1.165) is 30.0 Å². The molecule has 6 nitrogen and oxygen atoms in total. The van der Waals surface area contributed by atoms with E-state index in [4.69, 9.17) is 4.74 Å². The number of H-pyrrole nitrogens is 1. The first-order valence-electron chi connectivity index (χ1n) is 7.85. The molecule has 3 rings (SSSR count). The molecule has 122 valence electrons. The molecule has 1 fully saturated rings. The summed E-state index contributed by atoms with van der Waals surface area (Å²) >= 11 is 0. The molecule has 0 aliphatic carbocycles. The number of amides is 1. The fourth-order valence-electron chi connectivity index (χ4n) is 2.77. The van der Waals surface area contributed by atoms with Crippen LogP contribution in [0.3, 0.4) is 0 Å². The lowest BCUT2D eigenvalue weighted by Gasteiger charge is -2.33. The van der Waals surface area contributed by atoms with E-state index in [2.05, 4.69) is 21.2 Å². The summed E-state index contributed by atoms with van der Waals surface area (Å²) in [4.78, 5) is 16.1. The first-order chi connectivity index (χ1) is 11.3. The van der Waals surface area contributed by atoms with Crippen LogP contribution >= 0.6 is 0 Å². The third kappa shape index (κ3) is 3.97. The number of aromatic nitrogens is 2. The molecule has 1 aliphatic heterocycles. The monoisotopic (exact) mass is 314 g/mol. The SMILES string of the molecule is COCCN1CCN(Cc2cc(-c3ccccc3)n[nH]2)CC1=O. The van der Waals surface area contributed by atoms with Crippen molar-refractivity contribution in [3.05, 3.63) is 42.1 Å². The Morgan fingerprint density at radius 3 is 2.83 bits per heavy atom. The fourth-order valence-corrected chi connectivity index (χ4v) is 2.77. The van der Waals surface area contributed by atoms with Crippen LogP contribution < -0.4 is 0 Å². The summed E-state index contributed by atoms with van der Waals surface area (Å²) < 4.78 is 5.04. The molecule has 1 amide bonds. The number of piperazine rings is 1. The highest BCUT2D eigenvalue weighted by Gasteiger charge is 2.23. The van der Waals surface area contributed by atoms with Gasteiger partial charge in [-0.05, 0) is 6.07 Å². The fraction of sp³-hybridized carbons (Fsp3) is 0.412. The molecule has 1 aromatic heterocycles. The number of carbonyl (C=O) groups is 1. The predicted molar refractivity (Wildman–Crippen MR) is 87.8 cm³/mol. The van der Waals surface area contributed by atoms with Crippen molar-refractivity contribution < 1.29 is 9.53 Å². The molecule has 23 heavy (non-hydrogen) atoms. The van der Waals surface area contributed by atoms with Gasteiger partial charge in [-0.1, -0.05) is 30.3 Å². The summed E-state index contributed by atoms with van der Waals surface area (Å²) in [5.74, 6) is 0.163. The Hall–Kier alpha value is -2.18. The molecule has 6 heteroatoms. The summed E-state index contributed by atoms with van der Waals surface area (Å²) in [7, 11) is 1.66. The standard InChI is InChI=1S/C17H22N4O2/c1-23-10-9-21-8-7-20(13-17(21)22)12-15-11-16(19-18-15)14-5-3-2-4-6-14/h2-6,11H,7-10,12-13H2,1H3,(H,18,19). The quantitative estimate of drug-likeness (QED) is 0.875. The van der Waals surface area contributed by atoms with Crippen molar-refractivity contribution in [3.63, 3.8) is 0 Å². The number of nitrogens with one attached hydrogen (secondary N) is 1. The van der Waals surface area contributed by atoms with E-state index in [-0.39, 0.29) is 5.91 Å². The van der Waals surface area contributed by atoms with E-state index in [9.17, 15) is 4.79 Å². The second kappa shape index (κ2) is 7.39. The van der Waals surface area contributed by atoms with Crippen molar-refractivity contribution in [3.8, 4) is 11.3 Å².